The second-order valence-corrected chi connectivity index (χ2v) is 5.09. The first-order chi connectivity index (χ1) is 10.0. The molecule has 2 aromatic carbocycles. The SMILES string of the molecule is Cc1c(C(=O)Nc2ccc(Cl)cc2)oc2ccc(F)cc12. The van der Waals surface area contributed by atoms with Gasteiger partial charge in [-0.05, 0) is 49.4 Å². The zero-order chi connectivity index (χ0) is 15.0. The van der Waals surface area contributed by atoms with Gasteiger partial charge in [0.15, 0.2) is 5.76 Å². The van der Waals surface area contributed by atoms with Crippen molar-refractivity contribution in [3.8, 4) is 0 Å². The number of aryl methyl sites for hydroxylation is 1. The fourth-order valence-corrected chi connectivity index (χ4v) is 2.26. The Bertz CT molecular complexity index is 824. The van der Waals surface area contributed by atoms with Crippen molar-refractivity contribution in [3.63, 3.8) is 0 Å². The second-order valence-electron chi connectivity index (χ2n) is 4.66. The number of amides is 1. The van der Waals surface area contributed by atoms with Gasteiger partial charge < -0.3 is 9.73 Å². The Balaban J connectivity index is 1.94. The number of halogens is 2. The Morgan fingerprint density at radius 3 is 2.62 bits per heavy atom. The molecule has 1 heterocycles. The molecule has 0 aliphatic heterocycles. The fourth-order valence-electron chi connectivity index (χ4n) is 2.13. The smallest absolute Gasteiger partial charge is 0.291 e. The van der Waals surface area contributed by atoms with Crippen molar-refractivity contribution in [2.24, 2.45) is 0 Å². The van der Waals surface area contributed by atoms with Crippen LogP contribution in [-0.2, 0) is 0 Å². The Morgan fingerprint density at radius 2 is 1.90 bits per heavy atom. The lowest BCUT2D eigenvalue weighted by molar-refractivity contribution is 0.0998. The highest BCUT2D eigenvalue weighted by molar-refractivity contribution is 6.30. The van der Waals surface area contributed by atoms with Gasteiger partial charge in [0.25, 0.3) is 5.91 Å². The van der Waals surface area contributed by atoms with Gasteiger partial charge in [0.05, 0.1) is 0 Å². The van der Waals surface area contributed by atoms with Crippen LogP contribution in [0.15, 0.2) is 46.9 Å². The summed E-state index contributed by atoms with van der Waals surface area (Å²) < 4.78 is 18.8. The molecule has 0 bridgehead atoms. The fraction of sp³-hybridized carbons (Fsp3) is 0.0625. The van der Waals surface area contributed by atoms with Crippen molar-refractivity contribution in [1.29, 1.82) is 0 Å². The molecular formula is C16H11ClFNO2. The van der Waals surface area contributed by atoms with Crippen LogP contribution >= 0.6 is 11.6 Å². The van der Waals surface area contributed by atoms with Gasteiger partial charge in [0.2, 0.25) is 0 Å². The minimum Gasteiger partial charge on any atom is -0.451 e. The molecule has 0 atom stereocenters. The molecule has 0 radical (unpaired) electrons. The van der Waals surface area contributed by atoms with Crippen LogP contribution in [0.3, 0.4) is 0 Å². The molecule has 106 valence electrons. The number of hydrogen-bond donors (Lipinski definition) is 1. The molecule has 3 rings (SSSR count). The molecule has 5 heteroatoms. The third-order valence-electron chi connectivity index (χ3n) is 3.21. The molecule has 0 aliphatic rings. The van der Waals surface area contributed by atoms with E-state index < -0.39 is 0 Å². The summed E-state index contributed by atoms with van der Waals surface area (Å²) in [6.45, 7) is 1.72. The quantitative estimate of drug-likeness (QED) is 0.740. The highest BCUT2D eigenvalue weighted by Crippen LogP contribution is 2.26. The molecule has 3 aromatic rings. The Labute approximate surface area is 125 Å². The van der Waals surface area contributed by atoms with E-state index in [-0.39, 0.29) is 17.5 Å². The number of carbonyl (C=O) groups excluding carboxylic acids is 1. The molecule has 1 aromatic heterocycles. The second kappa shape index (κ2) is 5.22. The summed E-state index contributed by atoms with van der Waals surface area (Å²) in [6.07, 6.45) is 0. The van der Waals surface area contributed by atoms with E-state index in [2.05, 4.69) is 5.32 Å². The number of fused-ring (bicyclic) bond motifs is 1. The van der Waals surface area contributed by atoms with Gasteiger partial charge >= 0.3 is 0 Å². The predicted molar refractivity (Wildman–Crippen MR) is 80.3 cm³/mol. The van der Waals surface area contributed by atoms with Crippen molar-refractivity contribution in [2.45, 2.75) is 6.92 Å². The first kappa shape index (κ1) is 13.6. The molecule has 0 aliphatic carbocycles. The number of benzene rings is 2. The van der Waals surface area contributed by atoms with Gasteiger partial charge in [0.1, 0.15) is 11.4 Å². The van der Waals surface area contributed by atoms with Gasteiger partial charge in [-0.25, -0.2) is 4.39 Å². The number of hydrogen-bond acceptors (Lipinski definition) is 2. The first-order valence-electron chi connectivity index (χ1n) is 6.30. The van der Waals surface area contributed by atoms with E-state index in [0.717, 1.165) is 0 Å². The van der Waals surface area contributed by atoms with E-state index in [1.165, 1.54) is 18.2 Å². The van der Waals surface area contributed by atoms with Crippen LogP contribution in [0.2, 0.25) is 5.02 Å². The summed E-state index contributed by atoms with van der Waals surface area (Å²) >= 11 is 5.79. The largest absolute Gasteiger partial charge is 0.451 e. The van der Waals surface area contributed by atoms with Gasteiger partial charge in [-0.3, -0.25) is 4.79 Å². The molecule has 0 fully saturated rings. The molecule has 0 spiro atoms. The number of rotatable bonds is 2. The third kappa shape index (κ3) is 2.62. The summed E-state index contributed by atoms with van der Waals surface area (Å²) in [6, 6.07) is 10.9. The van der Waals surface area contributed by atoms with Gasteiger partial charge in [0, 0.05) is 21.7 Å². The Kier molecular flexibility index (Phi) is 3.39. The third-order valence-corrected chi connectivity index (χ3v) is 3.46. The summed E-state index contributed by atoms with van der Waals surface area (Å²) in [5, 5.41) is 3.90. The van der Waals surface area contributed by atoms with Crippen molar-refractivity contribution in [1.82, 2.24) is 0 Å². The lowest BCUT2D eigenvalue weighted by atomic mass is 10.1. The maximum atomic E-state index is 13.3. The molecule has 3 nitrogen and oxygen atoms in total. The monoisotopic (exact) mass is 303 g/mol. The van der Waals surface area contributed by atoms with Crippen LogP contribution in [0.5, 0.6) is 0 Å². The summed E-state index contributed by atoms with van der Waals surface area (Å²) in [4.78, 5) is 12.2. The standard InChI is InChI=1S/C16H11ClFNO2/c1-9-13-8-11(18)4-7-14(13)21-15(9)16(20)19-12-5-2-10(17)3-6-12/h2-8H,1H3,(H,19,20). The number of nitrogens with one attached hydrogen (secondary N) is 1. The maximum Gasteiger partial charge on any atom is 0.291 e. The van der Waals surface area contributed by atoms with E-state index in [9.17, 15) is 9.18 Å². The highest BCUT2D eigenvalue weighted by Gasteiger charge is 2.18. The minimum absolute atomic E-state index is 0.172. The zero-order valence-corrected chi connectivity index (χ0v) is 11.9. The molecule has 1 N–H and O–H groups in total. The van der Waals surface area contributed by atoms with E-state index in [1.54, 1.807) is 31.2 Å². The molecule has 1 amide bonds. The van der Waals surface area contributed by atoms with Gasteiger partial charge in [-0.2, -0.15) is 0 Å². The van der Waals surface area contributed by atoms with E-state index in [4.69, 9.17) is 16.0 Å². The van der Waals surface area contributed by atoms with Crippen molar-refractivity contribution < 1.29 is 13.6 Å². The first-order valence-corrected chi connectivity index (χ1v) is 6.68. The molecular weight excluding hydrogens is 293 g/mol. The minimum atomic E-state index is -0.383. The lowest BCUT2D eigenvalue weighted by Crippen LogP contribution is -2.11. The topological polar surface area (TPSA) is 42.2 Å². The number of furan rings is 1. The summed E-state index contributed by atoms with van der Waals surface area (Å²) in [5.74, 6) is -0.576. The van der Waals surface area contributed by atoms with Gasteiger partial charge in [-0.15, -0.1) is 0 Å². The lowest BCUT2D eigenvalue weighted by Gasteiger charge is -2.03. The molecule has 0 saturated carbocycles. The number of carbonyl (C=O) groups is 1. The predicted octanol–water partition coefficient (Wildman–Crippen LogP) is 4.79. The summed E-state index contributed by atoms with van der Waals surface area (Å²) in [5.41, 5.74) is 1.70. The van der Waals surface area contributed by atoms with Crippen LogP contribution in [-0.4, -0.2) is 5.91 Å². The van der Waals surface area contributed by atoms with E-state index in [1.807, 2.05) is 0 Å². The van der Waals surface area contributed by atoms with E-state index in [0.29, 0.717) is 27.2 Å². The van der Waals surface area contributed by atoms with E-state index >= 15 is 0 Å². The molecule has 21 heavy (non-hydrogen) atoms. The Morgan fingerprint density at radius 1 is 1.19 bits per heavy atom. The molecule has 0 unspecified atom stereocenters. The van der Waals surface area contributed by atoms with Crippen molar-refractivity contribution in [3.05, 3.63) is 64.6 Å². The highest BCUT2D eigenvalue weighted by atomic mass is 35.5. The molecule has 0 saturated heterocycles. The van der Waals surface area contributed by atoms with Crippen LogP contribution < -0.4 is 5.32 Å². The normalized spacial score (nSPS) is 10.8. The average Bonchev–Trinajstić information content (AvgIpc) is 2.79. The average molecular weight is 304 g/mol. The van der Waals surface area contributed by atoms with Gasteiger partial charge in [-0.1, -0.05) is 11.6 Å². The Hall–Kier alpha value is -2.33. The van der Waals surface area contributed by atoms with Crippen molar-refractivity contribution in [2.75, 3.05) is 5.32 Å². The van der Waals surface area contributed by atoms with Crippen LogP contribution in [0.25, 0.3) is 11.0 Å². The number of anilines is 1. The van der Waals surface area contributed by atoms with Crippen LogP contribution in [0.1, 0.15) is 16.1 Å². The van der Waals surface area contributed by atoms with Crippen LogP contribution in [0, 0.1) is 12.7 Å². The van der Waals surface area contributed by atoms with Crippen LogP contribution in [0.4, 0.5) is 10.1 Å². The maximum absolute atomic E-state index is 13.3. The summed E-state index contributed by atoms with van der Waals surface area (Å²) in [7, 11) is 0. The van der Waals surface area contributed by atoms with Crippen molar-refractivity contribution >= 4 is 34.2 Å². The zero-order valence-electron chi connectivity index (χ0n) is 11.1.